The Labute approximate surface area is 85.7 Å². The van der Waals surface area contributed by atoms with Crippen LogP contribution in [0.25, 0.3) is 0 Å². The molecule has 0 spiro atoms. The van der Waals surface area contributed by atoms with Crippen LogP contribution in [0.2, 0.25) is 0 Å². The van der Waals surface area contributed by atoms with Gasteiger partial charge in [-0.05, 0) is 13.5 Å². The summed E-state index contributed by atoms with van der Waals surface area (Å²) in [7, 11) is 2.01. The van der Waals surface area contributed by atoms with E-state index in [-0.39, 0.29) is 0 Å². The number of hydrogen-bond acceptors (Lipinski definition) is 3. The van der Waals surface area contributed by atoms with Crippen molar-refractivity contribution in [1.82, 2.24) is 20.2 Å². The van der Waals surface area contributed by atoms with Crippen LogP contribution in [0.3, 0.4) is 0 Å². The Kier molecular flexibility index (Phi) is 4.62. The van der Waals surface area contributed by atoms with Crippen LogP contribution in [0.4, 0.5) is 0 Å². The Hall–Kier alpha value is -0.870. The SMILES string of the molecule is CCNCC(C)NCc1cncn1C. The van der Waals surface area contributed by atoms with Crippen molar-refractivity contribution in [1.29, 1.82) is 0 Å². The van der Waals surface area contributed by atoms with E-state index in [1.54, 1.807) is 0 Å². The summed E-state index contributed by atoms with van der Waals surface area (Å²) < 4.78 is 2.03. The summed E-state index contributed by atoms with van der Waals surface area (Å²) in [4.78, 5) is 4.07. The molecule has 0 saturated carbocycles. The van der Waals surface area contributed by atoms with E-state index in [4.69, 9.17) is 0 Å². The maximum absolute atomic E-state index is 4.07. The maximum Gasteiger partial charge on any atom is 0.0945 e. The van der Waals surface area contributed by atoms with Gasteiger partial charge in [-0.3, -0.25) is 0 Å². The van der Waals surface area contributed by atoms with Gasteiger partial charge in [-0.1, -0.05) is 6.92 Å². The van der Waals surface area contributed by atoms with Crippen molar-refractivity contribution in [2.75, 3.05) is 13.1 Å². The van der Waals surface area contributed by atoms with Gasteiger partial charge < -0.3 is 15.2 Å². The largest absolute Gasteiger partial charge is 0.337 e. The predicted octanol–water partition coefficient (Wildman–Crippen LogP) is 0.508. The first kappa shape index (κ1) is 11.2. The molecular formula is C10H20N4. The van der Waals surface area contributed by atoms with Crippen molar-refractivity contribution in [3.05, 3.63) is 18.2 Å². The molecule has 0 bridgehead atoms. The van der Waals surface area contributed by atoms with Gasteiger partial charge >= 0.3 is 0 Å². The summed E-state index contributed by atoms with van der Waals surface area (Å²) in [6.45, 7) is 7.21. The number of nitrogens with zero attached hydrogens (tertiary/aromatic N) is 2. The zero-order chi connectivity index (χ0) is 10.4. The third kappa shape index (κ3) is 3.47. The lowest BCUT2D eigenvalue weighted by Crippen LogP contribution is -2.36. The van der Waals surface area contributed by atoms with Gasteiger partial charge in [-0.2, -0.15) is 0 Å². The van der Waals surface area contributed by atoms with Gasteiger partial charge in [0.15, 0.2) is 0 Å². The molecular weight excluding hydrogens is 176 g/mol. The van der Waals surface area contributed by atoms with Crippen LogP contribution in [0.15, 0.2) is 12.5 Å². The fraction of sp³-hybridized carbons (Fsp3) is 0.700. The molecule has 2 N–H and O–H groups in total. The number of rotatable bonds is 6. The first-order valence-corrected chi connectivity index (χ1v) is 5.13. The van der Waals surface area contributed by atoms with E-state index >= 15 is 0 Å². The molecule has 1 unspecified atom stereocenters. The lowest BCUT2D eigenvalue weighted by atomic mass is 10.3. The van der Waals surface area contributed by atoms with E-state index in [9.17, 15) is 0 Å². The Morgan fingerprint density at radius 1 is 1.57 bits per heavy atom. The van der Waals surface area contributed by atoms with E-state index < -0.39 is 0 Å². The van der Waals surface area contributed by atoms with Crippen LogP contribution in [-0.2, 0) is 13.6 Å². The van der Waals surface area contributed by atoms with Crippen molar-refractivity contribution >= 4 is 0 Å². The first-order chi connectivity index (χ1) is 6.74. The van der Waals surface area contributed by atoms with Crippen LogP contribution < -0.4 is 10.6 Å². The molecule has 1 aromatic rings. The normalized spacial score (nSPS) is 13.1. The van der Waals surface area contributed by atoms with E-state index in [1.165, 1.54) is 5.69 Å². The fourth-order valence-electron chi connectivity index (χ4n) is 1.27. The summed E-state index contributed by atoms with van der Waals surface area (Å²) in [5.74, 6) is 0. The topological polar surface area (TPSA) is 41.9 Å². The summed E-state index contributed by atoms with van der Waals surface area (Å²) >= 11 is 0. The average molecular weight is 196 g/mol. The summed E-state index contributed by atoms with van der Waals surface area (Å²) in [6, 6.07) is 0.491. The minimum absolute atomic E-state index is 0.491. The van der Waals surface area contributed by atoms with E-state index in [0.29, 0.717) is 6.04 Å². The number of imidazole rings is 1. The van der Waals surface area contributed by atoms with E-state index in [0.717, 1.165) is 19.6 Å². The number of nitrogens with one attached hydrogen (secondary N) is 2. The predicted molar refractivity (Wildman–Crippen MR) is 58.1 cm³/mol. The highest BCUT2D eigenvalue weighted by Gasteiger charge is 2.02. The second-order valence-electron chi connectivity index (χ2n) is 3.59. The molecule has 14 heavy (non-hydrogen) atoms. The molecule has 0 amide bonds. The fourth-order valence-corrected chi connectivity index (χ4v) is 1.27. The second kappa shape index (κ2) is 5.78. The van der Waals surface area contributed by atoms with Gasteiger partial charge in [0, 0.05) is 32.4 Å². The maximum atomic E-state index is 4.07. The molecule has 4 nitrogen and oxygen atoms in total. The Morgan fingerprint density at radius 3 is 2.93 bits per heavy atom. The van der Waals surface area contributed by atoms with Crippen molar-refractivity contribution in [3.63, 3.8) is 0 Å². The van der Waals surface area contributed by atoms with Gasteiger partial charge in [0.1, 0.15) is 0 Å². The Balaban J connectivity index is 2.23. The molecule has 0 saturated heterocycles. The van der Waals surface area contributed by atoms with Crippen molar-refractivity contribution in [2.24, 2.45) is 7.05 Å². The van der Waals surface area contributed by atoms with Gasteiger partial charge in [0.2, 0.25) is 0 Å². The number of hydrogen-bond donors (Lipinski definition) is 2. The first-order valence-electron chi connectivity index (χ1n) is 5.13. The molecule has 1 aromatic heterocycles. The highest BCUT2D eigenvalue weighted by atomic mass is 15.1. The monoisotopic (exact) mass is 196 g/mol. The zero-order valence-electron chi connectivity index (χ0n) is 9.25. The highest BCUT2D eigenvalue weighted by Crippen LogP contribution is 1.95. The number of aryl methyl sites for hydroxylation is 1. The quantitative estimate of drug-likeness (QED) is 0.696. The zero-order valence-corrected chi connectivity index (χ0v) is 9.25. The van der Waals surface area contributed by atoms with Gasteiger partial charge in [-0.25, -0.2) is 4.98 Å². The molecule has 0 aliphatic heterocycles. The Bertz CT molecular complexity index is 256. The average Bonchev–Trinajstić information content (AvgIpc) is 2.58. The standard InChI is InChI=1S/C10H20N4/c1-4-11-5-9(2)13-7-10-6-12-8-14(10)3/h6,8-9,11,13H,4-5,7H2,1-3H3. The van der Waals surface area contributed by atoms with Crippen molar-refractivity contribution in [3.8, 4) is 0 Å². The van der Waals surface area contributed by atoms with Crippen LogP contribution in [0.1, 0.15) is 19.5 Å². The minimum Gasteiger partial charge on any atom is -0.337 e. The van der Waals surface area contributed by atoms with Gasteiger partial charge in [0.25, 0.3) is 0 Å². The summed E-state index contributed by atoms with van der Waals surface area (Å²) in [6.07, 6.45) is 3.72. The third-order valence-electron chi connectivity index (χ3n) is 2.25. The van der Waals surface area contributed by atoms with Gasteiger partial charge in [-0.15, -0.1) is 0 Å². The minimum atomic E-state index is 0.491. The second-order valence-corrected chi connectivity index (χ2v) is 3.59. The van der Waals surface area contributed by atoms with Crippen LogP contribution in [0.5, 0.6) is 0 Å². The Morgan fingerprint density at radius 2 is 2.36 bits per heavy atom. The smallest absolute Gasteiger partial charge is 0.0945 e. The molecule has 0 aliphatic rings. The molecule has 80 valence electrons. The summed E-state index contributed by atoms with van der Waals surface area (Å²) in [5, 5.41) is 6.75. The van der Waals surface area contributed by atoms with Crippen LogP contribution in [-0.4, -0.2) is 28.7 Å². The molecule has 1 atom stereocenters. The lowest BCUT2D eigenvalue weighted by Gasteiger charge is -2.13. The van der Waals surface area contributed by atoms with Crippen molar-refractivity contribution < 1.29 is 0 Å². The molecule has 1 heterocycles. The third-order valence-corrected chi connectivity index (χ3v) is 2.25. The molecule has 0 aliphatic carbocycles. The van der Waals surface area contributed by atoms with E-state index in [2.05, 4.69) is 29.5 Å². The number of aromatic nitrogens is 2. The lowest BCUT2D eigenvalue weighted by molar-refractivity contribution is 0.500. The van der Waals surface area contributed by atoms with Crippen LogP contribution in [0, 0.1) is 0 Å². The van der Waals surface area contributed by atoms with E-state index in [1.807, 2.05) is 24.1 Å². The van der Waals surface area contributed by atoms with Crippen molar-refractivity contribution in [2.45, 2.75) is 26.4 Å². The number of likely N-dealkylation sites (N-methyl/N-ethyl adjacent to an activating group) is 1. The van der Waals surface area contributed by atoms with Crippen LogP contribution >= 0.6 is 0 Å². The summed E-state index contributed by atoms with van der Waals surface area (Å²) in [5.41, 5.74) is 1.22. The molecule has 4 heteroatoms. The van der Waals surface area contributed by atoms with Gasteiger partial charge in [0.05, 0.1) is 12.0 Å². The molecule has 1 rings (SSSR count). The molecule has 0 aromatic carbocycles. The molecule has 0 fully saturated rings. The molecule has 0 radical (unpaired) electrons. The highest BCUT2D eigenvalue weighted by molar-refractivity contribution is 4.96.